The molecule has 0 saturated carbocycles. The molecular formula is C40H42N4O. The van der Waals surface area contributed by atoms with Crippen LogP contribution in [0.3, 0.4) is 0 Å². The highest BCUT2D eigenvalue weighted by Gasteiger charge is 2.32. The Morgan fingerprint density at radius 2 is 1.60 bits per heavy atom. The molecular weight excluding hydrogens is 552 g/mol. The number of ether oxygens (including phenoxy) is 1. The van der Waals surface area contributed by atoms with E-state index in [0.29, 0.717) is 23.7 Å². The highest BCUT2D eigenvalue weighted by Crippen LogP contribution is 2.44. The van der Waals surface area contributed by atoms with Crippen molar-refractivity contribution in [2.24, 2.45) is 11.8 Å². The van der Waals surface area contributed by atoms with Crippen molar-refractivity contribution < 1.29 is 4.74 Å². The fraction of sp³-hybridized carbons (Fsp3) is 0.300. The molecule has 0 amide bonds. The van der Waals surface area contributed by atoms with Crippen LogP contribution in [-0.4, -0.2) is 19.3 Å². The fourth-order valence-corrected chi connectivity index (χ4v) is 7.29. The van der Waals surface area contributed by atoms with E-state index < -0.39 is 0 Å². The van der Waals surface area contributed by atoms with E-state index in [-0.39, 0.29) is 0 Å². The summed E-state index contributed by atoms with van der Waals surface area (Å²) >= 11 is 0. The molecule has 3 atom stereocenters. The third kappa shape index (κ3) is 5.04. The molecule has 0 bridgehead atoms. The first-order valence-corrected chi connectivity index (χ1v) is 16.2. The van der Waals surface area contributed by atoms with Crippen molar-refractivity contribution in [1.29, 1.82) is 0 Å². The molecule has 3 aromatic carbocycles. The third-order valence-corrected chi connectivity index (χ3v) is 9.99. The van der Waals surface area contributed by atoms with Crippen LogP contribution < -0.4 is 4.74 Å². The van der Waals surface area contributed by atoms with Crippen LogP contribution in [0.5, 0.6) is 11.5 Å². The number of benzene rings is 3. The second-order valence-electron chi connectivity index (χ2n) is 13.2. The van der Waals surface area contributed by atoms with Crippen LogP contribution >= 0.6 is 0 Å². The Balaban J connectivity index is 1.26. The van der Waals surface area contributed by atoms with E-state index in [1.807, 2.05) is 18.3 Å². The zero-order valence-corrected chi connectivity index (χ0v) is 27.4. The van der Waals surface area contributed by atoms with Gasteiger partial charge in [-0.05, 0) is 93.0 Å². The molecule has 1 aliphatic rings. The van der Waals surface area contributed by atoms with Gasteiger partial charge in [-0.15, -0.1) is 0 Å². The van der Waals surface area contributed by atoms with Gasteiger partial charge in [0.25, 0.3) is 0 Å². The summed E-state index contributed by atoms with van der Waals surface area (Å²) in [5, 5.41) is 7.43. The van der Waals surface area contributed by atoms with Crippen molar-refractivity contribution in [1.82, 2.24) is 19.3 Å². The molecule has 5 nitrogen and oxygen atoms in total. The highest BCUT2D eigenvalue weighted by molar-refractivity contribution is 6.09. The summed E-state index contributed by atoms with van der Waals surface area (Å²) in [6.07, 6.45) is 5.49. The summed E-state index contributed by atoms with van der Waals surface area (Å²) in [5.41, 5.74) is 9.60. The predicted octanol–water partition coefficient (Wildman–Crippen LogP) is 10.6. The smallest absolute Gasteiger partial charge is 0.137 e. The fourth-order valence-electron chi connectivity index (χ4n) is 7.29. The molecule has 3 heterocycles. The van der Waals surface area contributed by atoms with Crippen LogP contribution in [0.2, 0.25) is 0 Å². The Morgan fingerprint density at radius 3 is 2.42 bits per heavy atom. The van der Waals surface area contributed by atoms with E-state index in [9.17, 15) is 0 Å². The number of hydrogen-bond donors (Lipinski definition) is 0. The lowest BCUT2D eigenvalue weighted by Crippen LogP contribution is -2.23. The number of aryl methyl sites for hydroxylation is 1. The Kier molecular flexibility index (Phi) is 7.35. The van der Waals surface area contributed by atoms with Gasteiger partial charge in [0.1, 0.15) is 17.3 Å². The minimum absolute atomic E-state index is 0.399. The van der Waals surface area contributed by atoms with Crippen molar-refractivity contribution in [3.8, 4) is 23.0 Å². The molecule has 45 heavy (non-hydrogen) atoms. The number of allylic oxidation sites excluding steroid dienone is 2. The number of hydrogen-bond acceptors (Lipinski definition) is 3. The number of aromatic nitrogens is 4. The SMILES string of the molecule is CC1=CC[C@H](C)[C@H](C)C1c1c(C)nn(-c2cccc(Oc3ccc4c5ccccc5n(-c5cc(C(C)C)ccn5)c4c3)c2)c1C. The first-order valence-electron chi connectivity index (χ1n) is 16.2. The summed E-state index contributed by atoms with van der Waals surface area (Å²) in [5.74, 6) is 4.52. The van der Waals surface area contributed by atoms with Crippen molar-refractivity contribution in [3.63, 3.8) is 0 Å². The Morgan fingerprint density at radius 1 is 0.822 bits per heavy atom. The normalized spacial score (nSPS) is 18.6. The molecule has 228 valence electrons. The molecule has 0 saturated heterocycles. The van der Waals surface area contributed by atoms with Crippen molar-refractivity contribution in [2.75, 3.05) is 0 Å². The first-order chi connectivity index (χ1) is 21.7. The number of nitrogens with zero attached hydrogens (tertiary/aromatic N) is 4. The lowest BCUT2D eigenvalue weighted by molar-refractivity contribution is 0.330. The summed E-state index contributed by atoms with van der Waals surface area (Å²) in [7, 11) is 0. The highest BCUT2D eigenvalue weighted by atomic mass is 16.5. The van der Waals surface area contributed by atoms with Crippen LogP contribution in [-0.2, 0) is 0 Å². The second-order valence-corrected chi connectivity index (χ2v) is 13.2. The molecule has 0 N–H and O–H groups in total. The van der Waals surface area contributed by atoms with Crippen LogP contribution in [0.1, 0.15) is 75.4 Å². The van der Waals surface area contributed by atoms with Crippen LogP contribution in [0.4, 0.5) is 0 Å². The van der Waals surface area contributed by atoms with E-state index in [1.165, 1.54) is 33.2 Å². The van der Waals surface area contributed by atoms with Gasteiger partial charge < -0.3 is 4.74 Å². The lowest BCUT2D eigenvalue weighted by Gasteiger charge is -2.34. The van der Waals surface area contributed by atoms with Crippen molar-refractivity contribution in [2.45, 2.75) is 66.7 Å². The second kappa shape index (κ2) is 11.4. The number of fused-ring (bicyclic) bond motifs is 3. The number of pyridine rings is 1. The van der Waals surface area contributed by atoms with Gasteiger partial charge in [-0.2, -0.15) is 5.10 Å². The van der Waals surface area contributed by atoms with Crippen molar-refractivity contribution >= 4 is 21.8 Å². The van der Waals surface area contributed by atoms with Crippen LogP contribution in [0, 0.1) is 25.7 Å². The van der Waals surface area contributed by atoms with Gasteiger partial charge in [0.05, 0.1) is 22.4 Å². The Hall–Kier alpha value is -4.64. The largest absolute Gasteiger partial charge is 0.457 e. The van der Waals surface area contributed by atoms with Crippen molar-refractivity contribution in [3.05, 3.63) is 119 Å². The zero-order valence-electron chi connectivity index (χ0n) is 27.4. The monoisotopic (exact) mass is 594 g/mol. The maximum atomic E-state index is 6.55. The molecule has 3 aromatic heterocycles. The minimum Gasteiger partial charge on any atom is -0.457 e. The van der Waals surface area contributed by atoms with Gasteiger partial charge in [0.15, 0.2) is 0 Å². The maximum Gasteiger partial charge on any atom is 0.137 e. The molecule has 0 spiro atoms. The summed E-state index contributed by atoms with van der Waals surface area (Å²) in [6.45, 7) is 15.8. The average molecular weight is 595 g/mol. The van der Waals surface area contributed by atoms with E-state index in [2.05, 4.69) is 131 Å². The Bertz CT molecular complexity index is 2080. The quantitative estimate of drug-likeness (QED) is 0.180. The first kappa shape index (κ1) is 29.1. The molecule has 7 rings (SSSR count). The lowest BCUT2D eigenvalue weighted by atomic mass is 9.70. The molecule has 1 aliphatic carbocycles. The number of para-hydroxylation sites is 1. The summed E-state index contributed by atoms with van der Waals surface area (Å²) in [6, 6.07) is 27.4. The third-order valence-electron chi connectivity index (χ3n) is 9.99. The van der Waals surface area contributed by atoms with Crippen LogP contribution in [0.15, 0.2) is 96.7 Å². The van der Waals surface area contributed by atoms with E-state index in [0.717, 1.165) is 46.2 Å². The minimum atomic E-state index is 0.399. The predicted molar refractivity (Wildman–Crippen MR) is 185 cm³/mol. The summed E-state index contributed by atoms with van der Waals surface area (Å²) < 4.78 is 10.9. The topological polar surface area (TPSA) is 44.9 Å². The van der Waals surface area contributed by atoms with Gasteiger partial charge in [0.2, 0.25) is 0 Å². The Labute approximate surface area is 266 Å². The van der Waals surface area contributed by atoms with E-state index in [1.54, 1.807) is 0 Å². The zero-order chi connectivity index (χ0) is 31.4. The van der Waals surface area contributed by atoms with Gasteiger partial charge in [-0.3, -0.25) is 4.57 Å². The van der Waals surface area contributed by atoms with Gasteiger partial charge in [-0.1, -0.05) is 63.6 Å². The molecule has 0 fully saturated rings. The van der Waals surface area contributed by atoms with Gasteiger partial charge >= 0.3 is 0 Å². The average Bonchev–Trinajstić information content (AvgIpc) is 3.52. The molecule has 1 unspecified atom stereocenters. The maximum absolute atomic E-state index is 6.55. The van der Waals surface area contributed by atoms with Gasteiger partial charge in [-0.25, -0.2) is 9.67 Å². The standard InChI is InChI=1S/C40H42N4O/c1-24(2)30-19-20-41-38(21-30)43-36-14-9-8-13-34(36)35-18-17-33(23-37(35)43)45-32-12-10-11-31(22-32)44-29(7)40(28(6)42-44)39-26(4)16-15-25(3)27(39)5/h8-14,16-25,27,39H,15H2,1-7H3/t25-,27-,39?/m0/s1. The van der Waals surface area contributed by atoms with Crippen LogP contribution in [0.25, 0.3) is 33.3 Å². The molecule has 5 heteroatoms. The van der Waals surface area contributed by atoms with Gasteiger partial charge in [0, 0.05) is 46.3 Å². The van der Waals surface area contributed by atoms with E-state index >= 15 is 0 Å². The molecule has 6 aromatic rings. The summed E-state index contributed by atoms with van der Waals surface area (Å²) in [4.78, 5) is 4.80. The van der Waals surface area contributed by atoms with E-state index in [4.69, 9.17) is 14.8 Å². The number of rotatable bonds is 6. The molecule has 0 radical (unpaired) electrons. The molecule has 0 aliphatic heterocycles.